The normalized spacial score (nSPS) is 12.3. The molecule has 0 aromatic heterocycles. The highest BCUT2D eigenvalue weighted by Gasteiger charge is 2.27. The molecule has 0 aliphatic carbocycles. The quantitative estimate of drug-likeness (QED) is 0.0420. The van der Waals surface area contributed by atoms with E-state index in [2.05, 4.69) is 13.8 Å². The van der Waals surface area contributed by atoms with E-state index in [1.165, 1.54) is 64.2 Å². The third kappa shape index (κ3) is 26.4. The monoisotopic (exact) mass is 654 g/mol. The third-order valence-electron chi connectivity index (χ3n) is 8.28. The van der Waals surface area contributed by atoms with Crippen LogP contribution >= 0.6 is 0 Å². The Balaban J connectivity index is 4.43. The van der Waals surface area contributed by atoms with Gasteiger partial charge < -0.3 is 19.7 Å². The molecule has 0 radical (unpaired) electrons. The second kappa shape index (κ2) is 29.6. The maximum atomic E-state index is 12.5. The molecule has 10 nitrogen and oxygen atoms in total. The molecular formula is C36H62O10. The molecule has 2 atom stereocenters. The van der Waals surface area contributed by atoms with Gasteiger partial charge in [0.25, 0.3) is 0 Å². The second-order valence-electron chi connectivity index (χ2n) is 12.6. The van der Waals surface area contributed by atoms with Crippen molar-refractivity contribution in [2.75, 3.05) is 0 Å². The summed E-state index contributed by atoms with van der Waals surface area (Å²) in [6, 6.07) is 0. The van der Waals surface area contributed by atoms with Gasteiger partial charge in [-0.1, -0.05) is 142 Å². The van der Waals surface area contributed by atoms with Crippen molar-refractivity contribution in [3.05, 3.63) is 0 Å². The lowest BCUT2D eigenvalue weighted by atomic mass is 9.97. The molecule has 266 valence electrons. The standard InChI is InChI=1S/C36H62O10/c1-3-5-7-9-11-13-15-17-19-21-23-29(27-31(37)38)35(43)45-33(41)25-26-34(42)46-36(44)30(28-32(39)40)24-22-20-18-16-14-12-10-8-6-4-2/h29-30H,3-28H2,1-2H3,(H,37,38)(H,39,40). The molecule has 0 saturated heterocycles. The number of aliphatic carboxylic acids is 2. The highest BCUT2D eigenvalue weighted by atomic mass is 16.6. The van der Waals surface area contributed by atoms with Gasteiger partial charge in [0, 0.05) is 0 Å². The summed E-state index contributed by atoms with van der Waals surface area (Å²) in [6.45, 7) is 4.37. The Bertz CT molecular complexity index is 799. The van der Waals surface area contributed by atoms with E-state index in [0.717, 1.165) is 51.4 Å². The van der Waals surface area contributed by atoms with Gasteiger partial charge in [0.1, 0.15) is 0 Å². The van der Waals surface area contributed by atoms with Gasteiger partial charge in [0.2, 0.25) is 0 Å². The maximum absolute atomic E-state index is 12.5. The average molecular weight is 655 g/mol. The summed E-state index contributed by atoms with van der Waals surface area (Å²) in [5.41, 5.74) is 0. The van der Waals surface area contributed by atoms with Crippen LogP contribution < -0.4 is 0 Å². The molecule has 0 bridgehead atoms. The van der Waals surface area contributed by atoms with Crippen molar-refractivity contribution in [1.82, 2.24) is 0 Å². The van der Waals surface area contributed by atoms with Crippen molar-refractivity contribution in [3.63, 3.8) is 0 Å². The van der Waals surface area contributed by atoms with Crippen molar-refractivity contribution < 1.29 is 48.5 Å². The number of carboxylic acid groups (broad SMARTS) is 2. The van der Waals surface area contributed by atoms with Crippen LogP contribution in [0, 0.1) is 11.8 Å². The van der Waals surface area contributed by atoms with Gasteiger partial charge in [0.05, 0.1) is 37.5 Å². The van der Waals surface area contributed by atoms with Gasteiger partial charge in [0.15, 0.2) is 0 Å². The van der Waals surface area contributed by atoms with Crippen molar-refractivity contribution in [3.8, 4) is 0 Å². The molecule has 0 aliphatic heterocycles. The number of hydrogen-bond acceptors (Lipinski definition) is 8. The third-order valence-corrected chi connectivity index (χ3v) is 8.28. The van der Waals surface area contributed by atoms with Crippen LogP contribution in [0.1, 0.15) is 181 Å². The Morgan fingerprint density at radius 3 is 0.957 bits per heavy atom. The van der Waals surface area contributed by atoms with Gasteiger partial charge >= 0.3 is 35.8 Å². The second-order valence-corrected chi connectivity index (χ2v) is 12.6. The van der Waals surface area contributed by atoms with Crippen molar-refractivity contribution in [1.29, 1.82) is 0 Å². The molecule has 10 heteroatoms. The van der Waals surface area contributed by atoms with Crippen molar-refractivity contribution >= 4 is 35.8 Å². The highest BCUT2D eigenvalue weighted by Crippen LogP contribution is 2.20. The number of carbonyl (C=O) groups excluding carboxylic acids is 4. The summed E-state index contributed by atoms with van der Waals surface area (Å²) in [6.07, 6.45) is 20.5. The van der Waals surface area contributed by atoms with Gasteiger partial charge in [-0.05, 0) is 12.8 Å². The molecule has 0 fully saturated rings. The van der Waals surface area contributed by atoms with Gasteiger partial charge in [-0.2, -0.15) is 0 Å². The van der Waals surface area contributed by atoms with Crippen LogP contribution in [-0.4, -0.2) is 46.0 Å². The van der Waals surface area contributed by atoms with E-state index in [1.807, 2.05) is 0 Å². The Morgan fingerprint density at radius 1 is 0.435 bits per heavy atom. The fraction of sp³-hybridized carbons (Fsp3) is 0.833. The molecule has 0 saturated carbocycles. The topological polar surface area (TPSA) is 161 Å². The number of esters is 4. The Hall–Kier alpha value is -2.78. The molecule has 0 aromatic carbocycles. The largest absolute Gasteiger partial charge is 0.481 e. The van der Waals surface area contributed by atoms with E-state index < -0.39 is 73.3 Å². The molecule has 0 rings (SSSR count). The van der Waals surface area contributed by atoms with E-state index in [-0.39, 0.29) is 12.8 Å². The van der Waals surface area contributed by atoms with Gasteiger partial charge in [-0.15, -0.1) is 0 Å². The van der Waals surface area contributed by atoms with Crippen LogP contribution in [0.25, 0.3) is 0 Å². The molecule has 0 amide bonds. The lowest BCUT2D eigenvalue weighted by Gasteiger charge is -2.14. The lowest BCUT2D eigenvalue weighted by molar-refractivity contribution is -0.169. The highest BCUT2D eigenvalue weighted by molar-refractivity contribution is 5.92. The number of hydrogen-bond donors (Lipinski definition) is 2. The smallest absolute Gasteiger partial charge is 0.317 e. The number of carbonyl (C=O) groups is 6. The summed E-state index contributed by atoms with van der Waals surface area (Å²) in [7, 11) is 0. The Morgan fingerprint density at radius 2 is 0.696 bits per heavy atom. The summed E-state index contributed by atoms with van der Waals surface area (Å²) < 4.78 is 9.63. The molecule has 46 heavy (non-hydrogen) atoms. The number of rotatable bonds is 31. The summed E-state index contributed by atoms with van der Waals surface area (Å²) in [5.74, 6) is -8.18. The number of unbranched alkanes of at least 4 members (excludes halogenated alkanes) is 18. The lowest BCUT2D eigenvalue weighted by Crippen LogP contribution is -2.26. The molecule has 0 spiro atoms. The summed E-state index contributed by atoms with van der Waals surface area (Å²) in [5, 5.41) is 18.4. The number of ether oxygens (including phenoxy) is 2. The molecule has 2 unspecified atom stereocenters. The maximum Gasteiger partial charge on any atom is 0.317 e. The fourth-order valence-corrected chi connectivity index (χ4v) is 5.48. The molecule has 0 aromatic rings. The van der Waals surface area contributed by atoms with Crippen molar-refractivity contribution in [2.45, 2.75) is 181 Å². The zero-order valence-electron chi connectivity index (χ0n) is 28.7. The molecular weight excluding hydrogens is 592 g/mol. The summed E-state index contributed by atoms with van der Waals surface area (Å²) in [4.78, 5) is 71.9. The molecule has 0 aliphatic rings. The minimum atomic E-state index is -1.17. The van der Waals surface area contributed by atoms with E-state index >= 15 is 0 Å². The molecule has 0 heterocycles. The SMILES string of the molecule is CCCCCCCCCCCCC(CC(=O)O)C(=O)OC(=O)CCC(=O)OC(=O)C(CCCCCCCCCCCC)CC(=O)O. The first-order valence-corrected chi connectivity index (χ1v) is 18.0. The van der Waals surface area contributed by atoms with E-state index in [0.29, 0.717) is 12.8 Å². The van der Waals surface area contributed by atoms with Crippen LogP contribution in [-0.2, 0) is 38.2 Å². The Labute approximate surface area is 276 Å². The predicted octanol–water partition coefficient (Wildman–Crippen LogP) is 8.71. The van der Waals surface area contributed by atoms with Gasteiger partial charge in [-0.3, -0.25) is 28.8 Å². The molecule has 2 N–H and O–H groups in total. The summed E-state index contributed by atoms with van der Waals surface area (Å²) >= 11 is 0. The fourth-order valence-electron chi connectivity index (χ4n) is 5.48. The minimum absolute atomic E-state index is 0.287. The Kier molecular flexibility index (Phi) is 27.8. The van der Waals surface area contributed by atoms with Gasteiger partial charge in [-0.25, -0.2) is 0 Å². The van der Waals surface area contributed by atoms with E-state index in [4.69, 9.17) is 9.47 Å². The van der Waals surface area contributed by atoms with E-state index in [9.17, 15) is 39.0 Å². The average Bonchev–Trinajstić information content (AvgIpc) is 3.00. The zero-order valence-corrected chi connectivity index (χ0v) is 28.7. The van der Waals surface area contributed by atoms with Crippen LogP contribution in [0.3, 0.4) is 0 Å². The van der Waals surface area contributed by atoms with Crippen LogP contribution in [0.15, 0.2) is 0 Å². The van der Waals surface area contributed by atoms with Crippen LogP contribution in [0.4, 0.5) is 0 Å². The first-order chi connectivity index (χ1) is 22.1. The first-order valence-electron chi connectivity index (χ1n) is 18.0. The van der Waals surface area contributed by atoms with Crippen LogP contribution in [0.5, 0.6) is 0 Å². The predicted molar refractivity (Wildman–Crippen MR) is 176 cm³/mol. The van der Waals surface area contributed by atoms with Crippen molar-refractivity contribution in [2.24, 2.45) is 11.8 Å². The minimum Gasteiger partial charge on any atom is -0.481 e. The van der Waals surface area contributed by atoms with E-state index in [1.54, 1.807) is 0 Å². The number of carboxylic acids is 2. The zero-order chi connectivity index (χ0) is 34.4. The van der Waals surface area contributed by atoms with Crippen LogP contribution in [0.2, 0.25) is 0 Å². The first kappa shape index (κ1) is 43.2.